The molecule has 1 aliphatic heterocycles. The van der Waals surface area contributed by atoms with Crippen molar-refractivity contribution < 1.29 is 33.7 Å². The van der Waals surface area contributed by atoms with Crippen LogP contribution in [-0.4, -0.2) is 53.3 Å². The number of ether oxygens (including phenoxy) is 3. The highest BCUT2D eigenvalue weighted by molar-refractivity contribution is 6.00. The highest BCUT2D eigenvalue weighted by Gasteiger charge is 2.85. The maximum absolute atomic E-state index is 14.3. The molecule has 0 aromatic carbocycles. The summed E-state index contributed by atoms with van der Waals surface area (Å²) in [6.07, 6.45) is 11.0. The van der Waals surface area contributed by atoms with Gasteiger partial charge in [-0.1, -0.05) is 53.0 Å². The van der Waals surface area contributed by atoms with Gasteiger partial charge in [0.05, 0.1) is 18.1 Å². The van der Waals surface area contributed by atoms with E-state index < -0.39 is 35.5 Å². The third-order valence-electron chi connectivity index (χ3n) is 12.9. The van der Waals surface area contributed by atoms with Crippen molar-refractivity contribution in [3.63, 3.8) is 0 Å². The van der Waals surface area contributed by atoms with Crippen LogP contribution in [0.4, 0.5) is 0 Å². The molecule has 0 aromatic heterocycles. The topological polar surface area (TPSA) is 99.1 Å². The number of allylic oxidation sites excluding steroid dienone is 2. The molecule has 11 atom stereocenters. The van der Waals surface area contributed by atoms with Gasteiger partial charge < -0.3 is 19.3 Å². The molecule has 0 radical (unpaired) electrons. The molecule has 7 nitrogen and oxygen atoms in total. The fourth-order valence-electron chi connectivity index (χ4n) is 11.2. The molecule has 1 N–H and O–H groups in total. The lowest BCUT2D eigenvalue weighted by Gasteiger charge is -2.57. The number of fused-ring (bicyclic) bond motifs is 7. The summed E-state index contributed by atoms with van der Waals surface area (Å²) in [5.74, 6) is -0.165. The van der Waals surface area contributed by atoms with Gasteiger partial charge in [0.15, 0.2) is 24.3 Å². The second-order valence-electron chi connectivity index (χ2n) is 14.7. The van der Waals surface area contributed by atoms with E-state index in [9.17, 15) is 19.5 Å². The Morgan fingerprint density at radius 1 is 1.15 bits per heavy atom. The summed E-state index contributed by atoms with van der Waals surface area (Å²) in [6.45, 7) is 7.53. The van der Waals surface area contributed by atoms with Crippen LogP contribution in [0.25, 0.3) is 0 Å². The Labute approximate surface area is 231 Å². The van der Waals surface area contributed by atoms with E-state index in [2.05, 4.69) is 19.9 Å². The minimum Gasteiger partial charge on any atom is -0.457 e. The Bertz CT molecular complexity index is 1120. The number of aliphatic hydroxyl groups is 1. The van der Waals surface area contributed by atoms with E-state index in [1.807, 2.05) is 0 Å². The summed E-state index contributed by atoms with van der Waals surface area (Å²) in [7, 11) is 0. The van der Waals surface area contributed by atoms with E-state index >= 15 is 0 Å². The van der Waals surface area contributed by atoms with E-state index in [4.69, 9.17) is 14.2 Å². The third kappa shape index (κ3) is 3.13. The molecule has 0 bridgehead atoms. The number of Topliss-reactive ketones (excluding diaryl/α,β-unsaturated/α-hetero) is 1. The molecule has 3 unspecified atom stereocenters. The first-order valence-electron chi connectivity index (χ1n) is 15.5. The summed E-state index contributed by atoms with van der Waals surface area (Å²) in [6, 6.07) is 0. The van der Waals surface area contributed by atoms with Gasteiger partial charge in [0.1, 0.15) is 0 Å². The average molecular weight is 541 g/mol. The number of hydrogen-bond donors (Lipinski definition) is 1. The van der Waals surface area contributed by atoms with Crippen LogP contribution in [0.5, 0.6) is 0 Å². The maximum atomic E-state index is 14.3. The molecule has 6 fully saturated rings. The lowest BCUT2D eigenvalue weighted by Crippen LogP contribution is -2.63. The molecule has 0 aromatic rings. The third-order valence-corrected chi connectivity index (χ3v) is 12.9. The first-order chi connectivity index (χ1) is 18.5. The van der Waals surface area contributed by atoms with Crippen LogP contribution < -0.4 is 0 Å². The first-order valence-corrected chi connectivity index (χ1v) is 15.5. The maximum Gasteiger partial charge on any atom is 0.308 e. The van der Waals surface area contributed by atoms with Crippen molar-refractivity contribution in [1.29, 1.82) is 0 Å². The van der Waals surface area contributed by atoms with Crippen LogP contribution in [0.15, 0.2) is 12.2 Å². The van der Waals surface area contributed by atoms with E-state index in [0.29, 0.717) is 12.8 Å². The van der Waals surface area contributed by atoms with Gasteiger partial charge in [-0.15, -0.1) is 0 Å². The number of ketones is 2. The summed E-state index contributed by atoms with van der Waals surface area (Å²) in [5.41, 5.74) is -2.22. The van der Waals surface area contributed by atoms with Crippen molar-refractivity contribution in [3.8, 4) is 0 Å². The Morgan fingerprint density at radius 2 is 1.90 bits per heavy atom. The van der Waals surface area contributed by atoms with Crippen LogP contribution in [0.3, 0.4) is 0 Å². The molecule has 0 amide bonds. The quantitative estimate of drug-likeness (QED) is 0.516. The van der Waals surface area contributed by atoms with Gasteiger partial charge in [0.2, 0.25) is 5.78 Å². The predicted octanol–water partition coefficient (Wildman–Crippen LogP) is 4.39. The van der Waals surface area contributed by atoms with Gasteiger partial charge >= 0.3 is 5.97 Å². The summed E-state index contributed by atoms with van der Waals surface area (Å²) in [4.78, 5) is 39.4. The Balaban J connectivity index is 1.23. The second-order valence-corrected chi connectivity index (χ2v) is 14.7. The first kappa shape index (κ1) is 26.3. The fourth-order valence-corrected chi connectivity index (χ4v) is 11.2. The van der Waals surface area contributed by atoms with Crippen molar-refractivity contribution in [1.82, 2.24) is 0 Å². The zero-order valence-corrected chi connectivity index (χ0v) is 23.8. The number of carbonyl (C=O) groups is 3. The zero-order valence-electron chi connectivity index (χ0n) is 23.8. The van der Waals surface area contributed by atoms with Crippen LogP contribution in [0.2, 0.25) is 0 Å². The van der Waals surface area contributed by atoms with Gasteiger partial charge in [-0.05, 0) is 67.8 Å². The van der Waals surface area contributed by atoms with Gasteiger partial charge in [-0.3, -0.25) is 14.4 Å². The standard InChI is InChI=1S/C32H44O7/c1-17(2)27(36)37-16-23(35)32-24(38-28(39-32)18-8-6-5-7-9-18)14-20-19-10-12-31-13-11-21(33)26(31)30(31,4)25(19)22(34)15-29(20,32)3/h11,13,17-20,22,24-26,28,34H,5-10,12,14-16H2,1-4H3/t19-,20-,22-,24+,25?,26?,28+,29-,30-,31?,32+/m0/s1. The average Bonchev–Trinajstić information content (AvgIpc) is 3.18. The number of carbonyl (C=O) groups excluding carboxylic acids is 3. The SMILES string of the molecule is CC(C)C(=O)OCC(=O)[C@@]12O[C@H](C3CCCCC3)O[C@@H]1C[C@H]1[C@@H]3CCC45C=CC(=O)C4[C@]5(C)C3[C@@H](O)C[C@@]12C. The van der Waals surface area contributed by atoms with Crippen molar-refractivity contribution >= 4 is 17.5 Å². The molecule has 214 valence electrons. The molecule has 7 heteroatoms. The minimum absolute atomic E-state index is 0.0158. The monoisotopic (exact) mass is 540 g/mol. The number of rotatable bonds is 5. The predicted molar refractivity (Wildman–Crippen MR) is 141 cm³/mol. The van der Waals surface area contributed by atoms with Crippen molar-refractivity contribution in [2.45, 2.75) is 110 Å². The molecular weight excluding hydrogens is 496 g/mol. The van der Waals surface area contributed by atoms with Crippen molar-refractivity contribution in [2.24, 2.45) is 51.8 Å². The molecule has 39 heavy (non-hydrogen) atoms. The number of aliphatic hydroxyl groups excluding tert-OH is 1. The van der Waals surface area contributed by atoms with E-state index in [0.717, 1.165) is 38.5 Å². The lowest BCUT2D eigenvalue weighted by molar-refractivity contribution is -0.211. The lowest BCUT2D eigenvalue weighted by atomic mass is 9.49. The summed E-state index contributed by atoms with van der Waals surface area (Å²) >= 11 is 0. The van der Waals surface area contributed by atoms with Crippen LogP contribution in [-0.2, 0) is 28.6 Å². The molecule has 5 saturated carbocycles. The van der Waals surface area contributed by atoms with Crippen LogP contribution in [0, 0.1) is 51.8 Å². The van der Waals surface area contributed by atoms with E-state index in [1.54, 1.807) is 19.9 Å². The largest absolute Gasteiger partial charge is 0.457 e. The Hall–Kier alpha value is -1.57. The van der Waals surface area contributed by atoms with Crippen molar-refractivity contribution in [2.75, 3.05) is 6.61 Å². The van der Waals surface area contributed by atoms with Crippen LogP contribution in [0.1, 0.15) is 85.5 Å². The van der Waals surface area contributed by atoms with Crippen molar-refractivity contribution in [3.05, 3.63) is 12.2 Å². The van der Waals surface area contributed by atoms with E-state index in [-0.39, 0.29) is 64.5 Å². The summed E-state index contributed by atoms with van der Waals surface area (Å²) < 4.78 is 19.1. The molecule has 1 saturated heterocycles. The van der Waals surface area contributed by atoms with E-state index in [1.165, 1.54) is 6.42 Å². The highest BCUT2D eigenvalue weighted by Crippen LogP contribution is 2.84. The molecule has 6 aliphatic carbocycles. The number of hydrogen-bond acceptors (Lipinski definition) is 7. The van der Waals surface area contributed by atoms with Gasteiger partial charge in [-0.2, -0.15) is 0 Å². The molecule has 7 aliphatic rings. The molecule has 1 heterocycles. The molecule has 7 rings (SSSR count). The molecule has 1 spiro atoms. The smallest absolute Gasteiger partial charge is 0.308 e. The minimum atomic E-state index is -1.24. The normalized spacial score (nSPS) is 51.6. The van der Waals surface area contributed by atoms with Gasteiger partial charge in [0, 0.05) is 22.7 Å². The van der Waals surface area contributed by atoms with Gasteiger partial charge in [-0.25, -0.2) is 0 Å². The Kier molecular flexibility index (Phi) is 5.73. The second kappa shape index (κ2) is 8.48. The van der Waals surface area contributed by atoms with Crippen LogP contribution >= 0.6 is 0 Å². The highest BCUT2D eigenvalue weighted by atomic mass is 16.7. The van der Waals surface area contributed by atoms with Gasteiger partial charge in [0.25, 0.3) is 0 Å². The Morgan fingerprint density at radius 3 is 2.62 bits per heavy atom. The zero-order chi connectivity index (χ0) is 27.5. The number of esters is 1. The molecular formula is C32H44O7. The fraction of sp³-hybridized carbons (Fsp3) is 0.844. The summed E-state index contributed by atoms with van der Waals surface area (Å²) in [5, 5.41) is 11.9.